The SMILES string of the molecule is COc1cc(NCc2cccc(C(=O)O)c2)ccc1S(=O)(=O)N1CCCC1. The van der Waals surface area contributed by atoms with Gasteiger partial charge in [-0.15, -0.1) is 0 Å². The number of aromatic carboxylic acids is 1. The maximum Gasteiger partial charge on any atom is 0.335 e. The number of nitrogens with zero attached hydrogens (tertiary/aromatic N) is 1. The van der Waals surface area contributed by atoms with Crippen molar-refractivity contribution >= 4 is 21.7 Å². The van der Waals surface area contributed by atoms with Crippen LogP contribution in [-0.4, -0.2) is 44.0 Å². The van der Waals surface area contributed by atoms with Crippen molar-refractivity contribution in [2.24, 2.45) is 0 Å². The van der Waals surface area contributed by atoms with Gasteiger partial charge in [0.05, 0.1) is 12.7 Å². The highest BCUT2D eigenvalue weighted by Crippen LogP contribution is 2.31. The first-order valence-corrected chi connectivity index (χ1v) is 10.1. The molecule has 0 amide bonds. The molecule has 0 unspecified atom stereocenters. The van der Waals surface area contributed by atoms with Gasteiger partial charge in [-0.3, -0.25) is 0 Å². The molecule has 0 aliphatic carbocycles. The predicted octanol–water partition coefficient (Wildman–Crippen LogP) is 2.79. The van der Waals surface area contributed by atoms with Gasteiger partial charge in [-0.1, -0.05) is 12.1 Å². The molecule has 0 atom stereocenters. The Hall–Kier alpha value is -2.58. The molecule has 144 valence electrons. The van der Waals surface area contributed by atoms with Gasteiger partial charge >= 0.3 is 5.97 Å². The largest absolute Gasteiger partial charge is 0.495 e. The molecule has 1 aliphatic heterocycles. The van der Waals surface area contributed by atoms with E-state index >= 15 is 0 Å². The lowest BCUT2D eigenvalue weighted by Crippen LogP contribution is -2.28. The number of ether oxygens (including phenoxy) is 1. The van der Waals surface area contributed by atoms with E-state index in [1.807, 2.05) is 6.07 Å². The Morgan fingerprint density at radius 2 is 1.93 bits per heavy atom. The number of sulfonamides is 1. The van der Waals surface area contributed by atoms with Crippen LogP contribution >= 0.6 is 0 Å². The molecule has 0 spiro atoms. The molecule has 0 saturated carbocycles. The first-order valence-electron chi connectivity index (χ1n) is 8.66. The minimum atomic E-state index is -3.57. The zero-order valence-corrected chi connectivity index (χ0v) is 15.8. The maximum absolute atomic E-state index is 12.8. The zero-order chi connectivity index (χ0) is 19.4. The molecule has 2 N–H and O–H groups in total. The van der Waals surface area contributed by atoms with E-state index in [9.17, 15) is 13.2 Å². The van der Waals surface area contributed by atoms with Crippen LogP contribution < -0.4 is 10.1 Å². The minimum Gasteiger partial charge on any atom is -0.495 e. The summed E-state index contributed by atoms with van der Waals surface area (Å²) in [7, 11) is -2.12. The van der Waals surface area contributed by atoms with E-state index in [4.69, 9.17) is 9.84 Å². The Morgan fingerprint density at radius 1 is 1.19 bits per heavy atom. The molecule has 2 aromatic carbocycles. The van der Waals surface area contributed by atoms with E-state index in [2.05, 4.69) is 5.32 Å². The number of methoxy groups -OCH3 is 1. The third-order valence-electron chi connectivity index (χ3n) is 4.52. The van der Waals surface area contributed by atoms with Crippen molar-refractivity contribution < 1.29 is 23.1 Å². The molecule has 0 radical (unpaired) electrons. The summed E-state index contributed by atoms with van der Waals surface area (Å²) in [6, 6.07) is 11.5. The Balaban J connectivity index is 1.78. The van der Waals surface area contributed by atoms with Crippen molar-refractivity contribution in [3.8, 4) is 5.75 Å². The molecule has 1 fully saturated rings. The van der Waals surface area contributed by atoms with E-state index < -0.39 is 16.0 Å². The molecule has 2 aromatic rings. The molecule has 1 saturated heterocycles. The first kappa shape index (κ1) is 19.2. The average Bonchev–Trinajstić information content (AvgIpc) is 3.22. The van der Waals surface area contributed by atoms with Gasteiger partial charge in [0.1, 0.15) is 10.6 Å². The third-order valence-corrected chi connectivity index (χ3v) is 6.46. The van der Waals surface area contributed by atoms with Crippen LogP contribution in [0.1, 0.15) is 28.8 Å². The molecule has 7 nitrogen and oxygen atoms in total. The van der Waals surface area contributed by atoms with Gasteiger partial charge in [0.2, 0.25) is 10.0 Å². The number of carboxylic acid groups (broad SMARTS) is 1. The Bertz CT molecular complexity index is 937. The van der Waals surface area contributed by atoms with E-state index in [-0.39, 0.29) is 16.2 Å². The van der Waals surface area contributed by atoms with Crippen LogP contribution in [0.2, 0.25) is 0 Å². The van der Waals surface area contributed by atoms with Crippen LogP contribution in [0.15, 0.2) is 47.4 Å². The number of hydrogen-bond donors (Lipinski definition) is 2. The summed E-state index contributed by atoms with van der Waals surface area (Å²) in [4.78, 5) is 11.2. The van der Waals surface area contributed by atoms with Gasteiger partial charge in [0.25, 0.3) is 0 Å². The van der Waals surface area contributed by atoms with Gasteiger partial charge in [-0.25, -0.2) is 13.2 Å². The van der Waals surface area contributed by atoms with Crippen molar-refractivity contribution in [2.75, 3.05) is 25.5 Å². The average molecular weight is 390 g/mol. The fourth-order valence-corrected chi connectivity index (χ4v) is 4.73. The van der Waals surface area contributed by atoms with Gasteiger partial charge in [0.15, 0.2) is 0 Å². The summed E-state index contributed by atoms with van der Waals surface area (Å²) < 4.78 is 32.3. The van der Waals surface area contributed by atoms with Crippen LogP contribution in [0.4, 0.5) is 5.69 Å². The summed E-state index contributed by atoms with van der Waals surface area (Å²) >= 11 is 0. The van der Waals surface area contributed by atoms with Crippen molar-refractivity contribution in [3.05, 3.63) is 53.6 Å². The molecule has 8 heteroatoms. The second-order valence-electron chi connectivity index (χ2n) is 6.34. The quantitative estimate of drug-likeness (QED) is 0.755. The highest BCUT2D eigenvalue weighted by molar-refractivity contribution is 7.89. The van der Waals surface area contributed by atoms with Crippen molar-refractivity contribution in [2.45, 2.75) is 24.3 Å². The smallest absolute Gasteiger partial charge is 0.335 e. The highest BCUT2D eigenvalue weighted by Gasteiger charge is 2.29. The zero-order valence-electron chi connectivity index (χ0n) is 15.0. The number of carboxylic acids is 1. The summed E-state index contributed by atoms with van der Waals surface area (Å²) in [5, 5.41) is 12.2. The topological polar surface area (TPSA) is 95.9 Å². The van der Waals surface area contributed by atoms with Crippen LogP contribution in [0, 0.1) is 0 Å². The fraction of sp³-hybridized carbons (Fsp3) is 0.316. The maximum atomic E-state index is 12.8. The molecular formula is C19H22N2O5S. The van der Waals surface area contributed by atoms with Crippen LogP contribution in [0.25, 0.3) is 0 Å². The number of benzene rings is 2. The fourth-order valence-electron chi connectivity index (χ4n) is 3.08. The predicted molar refractivity (Wildman–Crippen MR) is 102 cm³/mol. The number of hydrogen-bond acceptors (Lipinski definition) is 5. The van der Waals surface area contributed by atoms with E-state index in [1.165, 1.54) is 17.5 Å². The lowest BCUT2D eigenvalue weighted by atomic mass is 10.1. The van der Waals surface area contributed by atoms with Crippen LogP contribution in [-0.2, 0) is 16.6 Å². The number of nitrogens with one attached hydrogen (secondary N) is 1. The molecule has 0 bridgehead atoms. The van der Waals surface area contributed by atoms with Crippen molar-refractivity contribution in [1.29, 1.82) is 0 Å². The molecule has 0 aromatic heterocycles. The molecule has 1 aliphatic rings. The number of rotatable bonds is 7. The molecule has 1 heterocycles. The second-order valence-corrected chi connectivity index (χ2v) is 8.24. The number of anilines is 1. The standard InChI is InChI=1S/C19H22N2O5S/c1-26-17-12-16(20-13-14-5-4-6-15(11-14)19(22)23)7-8-18(17)27(24,25)21-9-2-3-10-21/h4-8,11-12,20H,2-3,9-10,13H2,1H3,(H,22,23). The Morgan fingerprint density at radius 3 is 2.59 bits per heavy atom. The van der Waals surface area contributed by atoms with E-state index in [1.54, 1.807) is 30.3 Å². The first-order chi connectivity index (χ1) is 12.9. The molecular weight excluding hydrogens is 368 g/mol. The lowest BCUT2D eigenvalue weighted by molar-refractivity contribution is 0.0696. The Labute approximate surface area is 158 Å². The van der Waals surface area contributed by atoms with Crippen molar-refractivity contribution in [1.82, 2.24) is 4.31 Å². The Kier molecular flexibility index (Phi) is 5.67. The van der Waals surface area contributed by atoms with E-state index in [0.29, 0.717) is 25.3 Å². The van der Waals surface area contributed by atoms with Gasteiger partial charge in [-0.2, -0.15) is 4.31 Å². The van der Waals surface area contributed by atoms with Gasteiger partial charge < -0.3 is 15.2 Å². The van der Waals surface area contributed by atoms with Gasteiger partial charge in [-0.05, 0) is 42.7 Å². The van der Waals surface area contributed by atoms with Gasteiger partial charge in [0, 0.05) is 31.4 Å². The minimum absolute atomic E-state index is 0.158. The monoisotopic (exact) mass is 390 g/mol. The summed E-state index contributed by atoms with van der Waals surface area (Å²) in [6.07, 6.45) is 1.74. The molecule has 3 rings (SSSR count). The third kappa shape index (κ3) is 4.23. The summed E-state index contributed by atoms with van der Waals surface area (Å²) in [6.45, 7) is 1.47. The second kappa shape index (κ2) is 7.98. The molecule has 27 heavy (non-hydrogen) atoms. The van der Waals surface area contributed by atoms with Crippen molar-refractivity contribution in [3.63, 3.8) is 0 Å². The van der Waals surface area contributed by atoms with Crippen LogP contribution in [0.5, 0.6) is 5.75 Å². The number of carbonyl (C=O) groups is 1. The normalized spacial score (nSPS) is 14.9. The van der Waals surface area contributed by atoms with Crippen LogP contribution in [0.3, 0.4) is 0 Å². The summed E-state index contributed by atoms with van der Waals surface area (Å²) in [5.74, 6) is -0.693. The summed E-state index contributed by atoms with van der Waals surface area (Å²) in [5.41, 5.74) is 1.72. The van der Waals surface area contributed by atoms with E-state index in [0.717, 1.165) is 18.4 Å². The highest BCUT2D eigenvalue weighted by atomic mass is 32.2. The lowest BCUT2D eigenvalue weighted by Gasteiger charge is -2.18.